The number of carboxylic acids is 1. The van der Waals surface area contributed by atoms with Crippen LogP contribution in [0, 0.1) is 19.8 Å². The molecule has 2 saturated heterocycles. The zero-order valence-electron chi connectivity index (χ0n) is 35.6. The summed E-state index contributed by atoms with van der Waals surface area (Å²) in [6, 6.07) is 10.6. The molecule has 322 valence electrons. The van der Waals surface area contributed by atoms with Crippen molar-refractivity contribution < 1.29 is 24.2 Å². The Morgan fingerprint density at radius 1 is 0.983 bits per heavy atom. The largest absolute Gasteiger partial charge is 0.496 e. The summed E-state index contributed by atoms with van der Waals surface area (Å²) in [6.07, 6.45) is 10.4. The highest BCUT2D eigenvalue weighted by Gasteiger charge is 2.29. The number of likely N-dealkylation sites (tertiary alicyclic amines) is 1. The minimum absolute atomic E-state index is 0.00288. The number of nitrogens with one attached hydrogen (secondary N) is 2. The SMILES string of the molecule is COc1cc(CCC2CCN(CC(CC(=O)O)c3cc(N4CCN(C(=O)CCCC(=O)NCCCCCCN)CC4)cc(-n4nc(C)cc4C)c3)C2)nc2c1CCCN2. The van der Waals surface area contributed by atoms with Gasteiger partial charge in [-0.05, 0) is 114 Å². The number of hydrogen-bond donors (Lipinski definition) is 4. The molecule has 0 spiro atoms. The molecular formula is C45H67N9O5. The van der Waals surface area contributed by atoms with E-state index in [0.717, 1.165) is 123 Å². The number of amides is 2. The van der Waals surface area contributed by atoms with E-state index in [9.17, 15) is 19.5 Å². The molecule has 14 nitrogen and oxygen atoms in total. The van der Waals surface area contributed by atoms with E-state index in [4.69, 9.17) is 20.6 Å². The molecule has 2 unspecified atom stereocenters. The number of fused-ring (bicyclic) bond motifs is 1. The van der Waals surface area contributed by atoms with Crippen molar-refractivity contribution in [3.05, 3.63) is 58.5 Å². The molecule has 0 radical (unpaired) electrons. The van der Waals surface area contributed by atoms with Gasteiger partial charge in [-0.2, -0.15) is 5.10 Å². The van der Waals surface area contributed by atoms with E-state index in [2.05, 4.69) is 50.8 Å². The maximum atomic E-state index is 13.2. The number of hydrogen-bond acceptors (Lipinski definition) is 10. The molecule has 3 aliphatic rings. The molecule has 0 bridgehead atoms. The smallest absolute Gasteiger partial charge is 0.304 e. The molecule has 5 N–H and O–H groups in total. The van der Waals surface area contributed by atoms with E-state index >= 15 is 0 Å². The van der Waals surface area contributed by atoms with Gasteiger partial charge in [-0.3, -0.25) is 14.4 Å². The molecule has 0 saturated carbocycles. The second-order valence-electron chi connectivity index (χ2n) is 16.8. The number of piperazine rings is 1. The number of carbonyl (C=O) groups excluding carboxylic acids is 2. The standard InChI is InChI=1S/C45H67N9O5/c1-32-24-33(2)54(50-32)39-26-35(25-38(29-39)52-20-22-53(23-21-52)43(56)12-8-11-42(55)47-17-7-5-4-6-16-46)36(27-44(57)58)31-51-19-15-34(30-51)13-14-37-28-41(59-3)40-10-9-18-48-45(40)49-37/h24-26,28-29,34,36H,4-23,27,30-31,46H2,1-3H3,(H,47,55)(H,48,49)(H,57,58). The summed E-state index contributed by atoms with van der Waals surface area (Å²) >= 11 is 0. The molecule has 2 fully saturated rings. The quantitative estimate of drug-likeness (QED) is 0.104. The Kier molecular flexibility index (Phi) is 16.0. The summed E-state index contributed by atoms with van der Waals surface area (Å²) in [5.41, 5.74) is 12.6. The van der Waals surface area contributed by atoms with Crippen LogP contribution in [0.25, 0.3) is 5.69 Å². The van der Waals surface area contributed by atoms with Crippen LogP contribution < -0.4 is 26.0 Å². The Morgan fingerprint density at radius 2 is 1.78 bits per heavy atom. The maximum Gasteiger partial charge on any atom is 0.304 e. The summed E-state index contributed by atoms with van der Waals surface area (Å²) in [4.78, 5) is 49.5. The van der Waals surface area contributed by atoms with E-state index in [1.807, 2.05) is 23.4 Å². The van der Waals surface area contributed by atoms with Gasteiger partial charge >= 0.3 is 5.97 Å². The van der Waals surface area contributed by atoms with Crippen LogP contribution in [-0.2, 0) is 27.2 Å². The number of carbonyl (C=O) groups is 3. The number of aliphatic carboxylic acids is 1. The molecule has 1 aromatic carbocycles. The number of unbranched alkanes of at least 4 members (excludes halogenated alkanes) is 3. The van der Waals surface area contributed by atoms with E-state index in [0.29, 0.717) is 71.0 Å². The number of anilines is 2. The number of methoxy groups -OCH3 is 1. The number of benzene rings is 1. The van der Waals surface area contributed by atoms with Crippen molar-refractivity contribution in [2.45, 2.75) is 103 Å². The first-order chi connectivity index (χ1) is 28.6. The molecule has 59 heavy (non-hydrogen) atoms. The molecular weight excluding hydrogens is 747 g/mol. The van der Waals surface area contributed by atoms with E-state index in [1.165, 1.54) is 5.56 Å². The molecule has 2 amide bonds. The fourth-order valence-electron chi connectivity index (χ4n) is 9.01. The Bertz CT molecular complexity index is 1860. The number of pyridine rings is 1. The average Bonchev–Trinajstić information content (AvgIpc) is 3.84. The lowest BCUT2D eigenvalue weighted by atomic mass is 9.93. The lowest BCUT2D eigenvalue weighted by Gasteiger charge is -2.37. The van der Waals surface area contributed by atoms with Crippen LogP contribution in [0.15, 0.2) is 30.3 Å². The second-order valence-corrected chi connectivity index (χ2v) is 16.8. The number of carboxylic acid groups (broad SMARTS) is 1. The fraction of sp³-hybridized carbons (Fsp3) is 0.622. The Morgan fingerprint density at radius 3 is 2.53 bits per heavy atom. The number of ether oxygens (including phenoxy) is 1. The highest BCUT2D eigenvalue weighted by molar-refractivity contribution is 5.79. The van der Waals surface area contributed by atoms with Gasteiger partial charge in [0.15, 0.2) is 0 Å². The molecule has 6 rings (SSSR count). The second kappa shape index (κ2) is 21.5. The molecule has 0 aliphatic carbocycles. The first kappa shape index (κ1) is 43.9. The van der Waals surface area contributed by atoms with Gasteiger partial charge in [-0.15, -0.1) is 0 Å². The van der Waals surface area contributed by atoms with Crippen molar-refractivity contribution in [2.75, 3.05) is 82.8 Å². The first-order valence-corrected chi connectivity index (χ1v) is 22.0. The summed E-state index contributed by atoms with van der Waals surface area (Å²) in [6.45, 7) is 11.3. The number of aryl methyl sites for hydroxylation is 3. The van der Waals surface area contributed by atoms with Crippen molar-refractivity contribution >= 4 is 29.3 Å². The molecule has 3 aromatic rings. The van der Waals surface area contributed by atoms with Gasteiger partial charge in [0.1, 0.15) is 11.6 Å². The summed E-state index contributed by atoms with van der Waals surface area (Å²) in [7, 11) is 1.73. The monoisotopic (exact) mass is 814 g/mol. The van der Waals surface area contributed by atoms with Crippen LogP contribution in [0.1, 0.15) is 105 Å². The highest BCUT2D eigenvalue weighted by Crippen LogP contribution is 2.34. The normalized spacial score (nSPS) is 17.4. The predicted molar refractivity (Wildman–Crippen MR) is 232 cm³/mol. The third kappa shape index (κ3) is 12.4. The lowest BCUT2D eigenvalue weighted by Crippen LogP contribution is -2.48. The van der Waals surface area contributed by atoms with Crippen molar-refractivity contribution in [1.29, 1.82) is 0 Å². The van der Waals surface area contributed by atoms with Crippen LogP contribution in [0.2, 0.25) is 0 Å². The number of rotatable bonds is 21. The van der Waals surface area contributed by atoms with Crippen molar-refractivity contribution in [2.24, 2.45) is 11.7 Å². The van der Waals surface area contributed by atoms with Crippen LogP contribution >= 0.6 is 0 Å². The average molecular weight is 814 g/mol. The van der Waals surface area contributed by atoms with Gasteiger partial charge in [0.05, 0.1) is 24.9 Å². The van der Waals surface area contributed by atoms with Crippen molar-refractivity contribution in [1.82, 2.24) is 29.9 Å². The zero-order chi connectivity index (χ0) is 41.7. The third-order valence-electron chi connectivity index (χ3n) is 12.2. The molecule has 14 heteroatoms. The van der Waals surface area contributed by atoms with Crippen molar-refractivity contribution in [3.63, 3.8) is 0 Å². The first-order valence-electron chi connectivity index (χ1n) is 22.0. The van der Waals surface area contributed by atoms with E-state index in [-0.39, 0.29) is 24.2 Å². The Balaban J connectivity index is 1.07. The summed E-state index contributed by atoms with van der Waals surface area (Å²) in [5.74, 6) is 1.45. The van der Waals surface area contributed by atoms with Crippen LogP contribution in [-0.4, -0.2) is 120 Å². The molecule has 2 atom stereocenters. The number of nitrogens with two attached hydrogens (primary N) is 1. The van der Waals surface area contributed by atoms with Gasteiger partial charge < -0.3 is 40.9 Å². The van der Waals surface area contributed by atoms with Gasteiger partial charge in [0, 0.05) is 99.8 Å². The van der Waals surface area contributed by atoms with Gasteiger partial charge in [-0.1, -0.05) is 12.8 Å². The molecule has 2 aromatic heterocycles. The fourth-order valence-corrected chi connectivity index (χ4v) is 9.01. The zero-order valence-corrected chi connectivity index (χ0v) is 35.6. The topological polar surface area (TPSA) is 171 Å². The number of nitrogens with zero attached hydrogens (tertiary/aromatic N) is 6. The van der Waals surface area contributed by atoms with Gasteiger partial charge in [0.25, 0.3) is 0 Å². The summed E-state index contributed by atoms with van der Waals surface area (Å²) in [5, 5.41) is 21.4. The van der Waals surface area contributed by atoms with Gasteiger partial charge in [-0.25, -0.2) is 9.67 Å². The van der Waals surface area contributed by atoms with E-state index < -0.39 is 5.97 Å². The van der Waals surface area contributed by atoms with Gasteiger partial charge in [0.2, 0.25) is 11.8 Å². The Hall–Kier alpha value is -4.69. The minimum atomic E-state index is -0.812. The Labute approximate surface area is 350 Å². The molecule has 5 heterocycles. The van der Waals surface area contributed by atoms with Crippen LogP contribution in [0.3, 0.4) is 0 Å². The third-order valence-corrected chi connectivity index (χ3v) is 12.2. The highest BCUT2D eigenvalue weighted by atomic mass is 16.5. The van der Waals surface area contributed by atoms with Crippen LogP contribution in [0.5, 0.6) is 5.75 Å². The molecule has 3 aliphatic heterocycles. The predicted octanol–water partition coefficient (Wildman–Crippen LogP) is 5.22. The summed E-state index contributed by atoms with van der Waals surface area (Å²) < 4.78 is 7.68. The maximum absolute atomic E-state index is 13.2. The van der Waals surface area contributed by atoms with E-state index in [1.54, 1.807) is 7.11 Å². The lowest BCUT2D eigenvalue weighted by molar-refractivity contribution is -0.137. The van der Waals surface area contributed by atoms with Crippen molar-refractivity contribution in [3.8, 4) is 11.4 Å². The van der Waals surface area contributed by atoms with Crippen LogP contribution in [0.4, 0.5) is 11.5 Å². The number of aromatic nitrogens is 3. The minimum Gasteiger partial charge on any atom is -0.496 e.